The fourth-order valence-corrected chi connectivity index (χ4v) is 5.00. The lowest BCUT2D eigenvalue weighted by Crippen LogP contribution is -2.18. The van der Waals surface area contributed by atoms with Crippen LogP contribution in [0.15, 0.2) is 52.4 Å². The Hall–Kier alpha value is -1.41. The molecule has 1 heterocycles. The van der Waals surface area contributed by atoms with Crippen LogP contribution in [0.25, 0.3) is 10.2 Å². The number of carbonyl (C=O) groups excluding carboxylic acids is 1. The highest BCUT2D eigenvalue weighted by atomic mass is 35.5. The van der Waals surface area contributed by atoms with Gasteiger partial charge in [-0.05, 0) is 42.7 Å². The van der Waals surface area contributed by atoms with Gasteiger partial charge in [0, 0.05) is 40.5 Å². The highest BCUT2D eigenvalue weighted by Gasteiger charge is 2.09. The van der Waals surface area contributed by atoms with Gasteiger partial charge >= 0.3 is 0 Å². The van der Waals surface area contributed by atoms with Crippen molar-refractivity contribution in [2.75, 3.05) is 24.9 Å². The van der Waals surface area contributed by atoms with Gasteiger partial charge in [0.2, 0.25) is 5.91 Å². The third-order valence-electron chi connectivity index (χ3n) is 4.03. The first kappa shape index (κ1) is 21.3. The summed E-state index contributed by atoms with van der Waals surface area (Å²) in [5.74, 6) is 2.35. The fraction of sp³-hybridized carbons (Fsp3) is 0.300. The first-order valence-corrected chi connectivity index (χ1v) is 12.3. The van der Waals surface area contributed by atoms with Crippen LogP contribution in [0, 0.1) is 0 Å². The number of thioether (sulfide) groups is 2. The molecule has 0 saturated carbocycles. The van der Waals surface area contributed by atoms with Crippen LogP contribution in [0.3, 0.4) is 0 Å². The van der Waals surface area contributed by atoms with Gasteiger partial charge in [-0.15, -0.1) is 11.8 Å². The first-order chi connectivity index (χ1) is 13.6. The summed E-state index contributed by atoms with van der Waals surface area (Å²) in [7, 11) is 1.66. The van der Waals surface area contributed by atoms with E-state index < -0.39 is 0 Å². The molecule has 0 unspecified atom stereocenters. The van der Waals surface area contributed by atoms with E-state index in [9.17, 15) is 4.79 Å². The molecule has 0 aliphatic carbocycles. The van der Waals surface area contributed by atoms with Gasteiger partial charge < -0.3 is 9.30 Å². The average Bonchev–Trinajstić information content (AvgIpc) is 3.03. The third-order valence-corrected chi connectivity index (χ3v) is 6.94. The molecule has 0 aliphatic heterocycles. The van der Waals surface area contributed by atoms with E-state index in [0.717, 1.165) is 38.0 Å². The van der Waals surface area contributed by atoms with Crippen molar-refractivity contribution >= 4 is 62.6 Å². The Morgan fingerprint density at radius 1 is 1.21 bits per heavy atom. The summed E-state index contributed by atoms with van der Waals surface area (Å²) in [4.78, 5) is 18.7. The normalized spacial score (nSPS) is 11.9. The SMILES string of the molecule is COc1ccc2sc(=NC(=O)CCSc3ccc(Cl)cc3)n(CCSC)c2c1. The number of methoxy groups -OCH3 is 1. The molecule has 148 valence electrons. The maximum Gasteiger partial charge on any atom is 0.249 e. The van der Waals surface area contributed by atoms with Crippen molar-refractivity contribution in [2.24, 2.45) is 4.99 Å². The first-order valence-electron chi connectivity index (χ1n) is 8.73. The minimum absolute atomic E-state index is 0.0992. The molecule has 3 aromatic rings. The van der Waals surface area contributed by atoms with Crippen LogP contribution >= 0.6 is 46.5 Å². The van der Waals surface area contributed by atoms with Crippen molar-refractivity contribution in [3.05, 3.63) is 52.3 Å². The molecule has 2 aromatic carbocycles. The van der Waals surface area contributed by atoms with E-state index >= 15 is 0 Å². The van der Waals surface area contributed by atoms with Gasteiger partial charge in [0.05, 0.1) is 17.3 Å². The van der Waals surface area contributed by atoms with Crippen molar-refractivity contribution in [1.82, 2.24) is 4.57 Å². The number of fused-ring (bicyclic) bond motifs is 1. The van der Waals surface area contributed by atoms with E-state index in [2.05, 4.69) is 15.8 Å². The Morgan fingerprint density at radius 2 is 2.00 bits per heavy atom. The molecule has 28 heavy (non-hydrogen) atoms. The van der Waals surface area contributed by atoms with Crippen LogP contribution in [-0.2, 0) is 11.3 Å². The number of rotatable bonds is 8. The van der Waals surface area contributed by atoms with Crippen LogP contribution in [0.1, 0.15) is 6.42 Å². The van der Waals surface area contributed by atoms with Gasteiger partial charge in [0.1, 0.15) is 5.75 Å². The lowest BCUT2D eigenvalue weighted by molar-refractivity contribution is -0.117. The molecule has 4 nitrogen and oxygen atoms in total. The molecular weight excluding hydrogens is 432 g/mol. The minimum atomic E-state index is -0.0992. The highest BCUT2D eigenvalue weighted by molar-refractivity contribution is 7.99. The molecule has 1 amide bonds. The predicted octanol–water partition coefficient (Wildman–Crippen LogP) is 5.34. The van der Waals surface area contributed by atoms with Crippen LogP contribution in [0.4, 0.5) is 0 Å². The standard InChI is InChI=1S/C20H21ClN2O2S3/c1-25-15-5-8-18-17(13-15)23(10-12-26-2)20(28-18)22-19(24)9-11-27-16-6-3-14(21)4-7-16/h3-8,13H,9-12H2,1-2H3. The second-order valence-electron chi connectivity index (χ2n) is 5.92. The van der Waals surface area contributed by atoms with E-state index in [4.69, 9.17) is 16.3 Å². The Morgan fingerprint density at radius 3 is 2.71 bits per heavy atom. The number of amides is 1. The largest absolute Gasteiger partial charge is 0.497 e. The van der Waals surface area contributed by atoms with Gasteiger partial charge in [-0.25, -0.2) is 0 Å². The smallest absolute Gasteiger partial charge is 0.249 e. The van der Waals surface area contributed by atoms with Crippen molar-refractivity contribution in [1.29, 1.82) is 0 Å². The number of thiazole rings is 1. The van der Waals surface area contributed by atoms with Crippen LogP contribution < -0.4 is 9.54 Å². The Bertz CT molecular complexity index is 1010. The Labute approximate surface area is 182 Å². The van der Waals surface area contributed by atoms with E-state index in [1.807, 2.05) is 42.5 Å². The summed E-state index contributed by atoms with van der Waals surface area (Å²) in [6.45, 7) is 0.806. The molecule has 0 fully saturated rings. The van der Waals surface area contributed by atoms with Gasteiger partial charge in [0.25, 0.3) is 0 Å². The van der Waals surface area contributed by atoms with Gasteiger partial charge in [-0.2, -0.15) is 16.8 Å². The summed E-state index contributed by atoms with van der Waals surface area (Å²) in [6.07, 6.45) is 2.47. The van der Waals surface area contributed by atoms with Crippen molar-refractivity contribution < 1.29 is 9.53 Å². The number of hydrogen-bond acceptors (Lipinski definition) is 5. The molecule has 0 saturated heterocycles. The number of benzene rings is 2. The monoisotopic (exact) mass is 452 g/mol. The molecule has 3 rings (SSSR count). The minimum Gasteiger partial charge on any atom is -0.497 e. The van der Waals surface area contributed by atoms with E-state index in [0.29, 0.717) is 17.2 Å². The molecule has 0 bridgehead atoms. The lowest BCUT2D eigenvalue weighted by Gasteiger charge is -2.05. The lowest BCUT2D eigenvalue weighted by atomic mass is 10.3. The zero-order chi connectivity index (χ0) is 19.9. The summed E-state index contributed by atoms with van der Waals surface area (Å²) in [6, 6.07) is 13.6. The van der Waals surface area contributed by atoms with Crippen molar-refractivity contribution in [3.8, 4) is 5.75 Å². The van der Waals surface area contributed by atoms with E-state index in [1.165, 1.54) is 0 Å². The molecule has 1 aromatic heterocycles. The quantitative estimate of drug-likeness (QED) is 0.433. The zero-order valence-electron chi connectivity index (χ0n) is 15.7. The van der Waals surface area contributed by atoms with Crippen LogP contribution in [-0.4, -0.2) is 35.3 Å². The molecule has 0 aliphatic rings. The zero-order valence-corrected chi connectivity index (χ0v) is 18.9. The molecular formula is C20H21ClN2O2S3. The van der Waals surface area contributed by atoms with Gasteiger partial charge in [-0.1, -0.05) is 22.9 Å². The maximum absolute atomic E-state index is 12.4. The number of carbonyl (C=O) groups is 1. The van der Waals surface area contributed by atoms with Crippen LogP contribution in [0.2, 0.25) is 5.02 Å². The number of ether oxygens (including phenoxy) is 1. The second kappa shape index (κ2) is 10.4. The molecule has 0 radical (unpaired) electrons. The van der Waals surface area contributed by atoms with E-state index in [1.54, 1.807) is 42.0 Å². The summed E-state index contributed by atoms with van der Waals surface area (Å²) >= 11 is 10.8. The van der Waals surface area contributed by atoms with Crippen molar-refractivity contribution in [2.45, 2.75) is 17.9 Å². The molecule has 0 spiro atoms. The number of halogens is 1. The number of nitrogens with zero attached hydrogens (tertiary/aromatic N) is 2. The second-order valence-corrected chi connectivity index (χ2v) is 9.52. The van der Waals surface area contributed by atoms with Crippen molar-refractivity contribution in [3.63, 3.8) is 0 Å². The number of aromatic nitrogens is 1. The van der Waals surface area contributed by atoms with Gasteiger partial charge in [-0.3, -0.25) is 4.79 Å². The summed E-state index contributed by atoms with van der Waals surface area (Å²) in [5, 5.41) is 0.714. The van der Waals surface area contributed by atoms with Crippen LogP contribution in [0.5, 0.6) is 5.75 Å². The fourth-order valence-electron chi connectivity index (χ4n) is 2.61. The Kier molecular flexibility index (Phi) is 7.91. The summed E-state index contributed by atoms with van der Waals surface area (Å²) in [5.41, 5.74) is 1.06. The highest BCUT2D eigenvalue weighted by Crippen LogP contribution is 2.24. The third kappa shape index (κ3) is 5.56. The maximum atomic E-state index is 12.4. The topological polar surface area (TPSA) is 43.6 Å². The van der Waals surface area contributed by atoms with E-state index in [-0.39, 0.29) is 5.91 Å². The number of hydrogen-bond donors (Lipinski definition) is 0. The summed E-state index contributed by atoms with van der Waals surface area (Å²) < 4.78 is 8.57. The average molecular weight is 453 g/mol. The molecule has 8 heteroatoms. The number of aryl methyl sites for hydroxylation is 1. The molecule has 0 N–H and O–H groups in total. The van der Waals surface area contributed by atoms with Gasteiger partial charge in [0.15, 0.2) is 4.80 Å². The predicted molar refractivity (Wildman–Crippen MR) is 122 cm³/mol. The molecule has 0 atom stereocenters. The Balaban J connectivity index is 1.77.